The van der Waals surface area contributed by atoms with Crippen LogP contribution in [0.3, 0.4) is 0 Å². The molecule has 3 aromatic rings. The molecular weight excluding hydrogens is 409 g/mol. The predicted octanol–water partition coefficient (Wildman–Crippen LogP) is 4.50. The fraction of sp³-hybridized carbons (Fsp3) is 0.160. The summed E-state index contributed by atoms with van der Waals surface area (Å²) >= 11 is 0. The molecular formula is C25H22FN3O3. The first-order valence-corrected chi connectivity index (χ1v) is 10.2. The number of carbonyl (C=O) groups is 3. The van der Waals surface area contributed by atoms with E-state index in [4.69, 9.17) is 0 Å². The van der Waals surface area contributed by atoms with E-state index in [2.05, 4.69) is 5.32 Å². The molecule has 3 aromatic carbocycles. The van der Waals surface area contributed by atoms with Crippen LogP contribution in [0, 0.1) is 12.7 Å². The van der Waals surface area contributed by atoms with Gasteiger partial charge in [0.25, 0.3) is 5.91 Å². The van der Waals surface area contributed by atoms with E-state index in [1.807, 2.05) is 37.3 Å². The zero-order chi connectivity index (χ0) is 22.7. The van der Waals surface area contributed by atoms with E-state index in [0.29, 0.717) is 5.69 Å². The molecule has 0 saturated carbocycles. The SMILES string of the molecule is Cc1ccc(CN2C(=O)N(c3ccc(F)cc3)C(=O)C2CC(=O)Nc2ccccc2)cc1. The Morgan fingerprint density at radius 3 is 2.25 bits per heavy atom. The Labute approximate surface area is 185 Å². The molecule has 4 rings (SSSR count). The number of carbonyl (C=O) groups excluding carboxylic acids is 3. The third-order valence-electron chi connectivity index (χ3n) is 5.31. The van der Waals surface area contributed by atoms with Crippen LogP contribution >= 0.6 is 0 Å². The average Bonchev–Trinajstić information content (AvgIpc) is 3.00. The minimum atomic E-state index is -0.974. The second-order valence-corrected chi connectivity index (χ2v) is 7.68. The van der Waals surface area contributed by atoms with Crippen LogP contribution in [-0.4, -0.2) is 28.8 Å². The maximum atomic E-state index is 13.4. The summed E-state index contributed by atoms with van der Waals surface area (Å²) in [6.07, 6.45) is -0.191. The number of rotatable bonds is 6. The summed E-state index contributed by atoms with van der Waals surface area (Å²) in [5, 5.41) is 2.76. The summed E-state index contributed by atoms with van der Waals surface area (Å²) in [6, 6.07) is 20.1. The molecule has 0 bridgehead atoms. The van der Waals surface area contributed by atoms with Crippen LogP contribution in [0.15, 0.2) is 78.9 Å². The van der Waals surface area contributed by atoms with E-state index < -0.39 is 23.8 Å². The number of aryl methyl sites for hydroxylation is 1. The van der Waals surface area contributed by atoms with Gasteiger partial charge in [0.2, 0.25) is 5.91 Å². The van der Waals surface area contributed by atoms with Gasteiger partial charge in [0.05, 0.1) is 12.1 Å². The van der Waals surface area contributed by atoms with Crippen LogP contribution in [0.2, 0.25) is 0 Å². The first-order chi connectivity index (χ1) is 15.4. The number of urea groups is 1. The molecule has 1 saturated heterocycles. The second kappa shape index (κ2) is 9.01. The molecule has 1 unspecified atom stereocenters. The van der Waals surface area contributed by atoms with E-state index >= 15 is 0 Å². The van der Waals surface area contributed by atoms with Gasteiger partial charge in [0.15, 0.2) is 0 Å². The number of nitrogens with one attached hydrogen (secondary N) is 1. The molecule has 0 aliphatic carbocycles. The summed E-state index contributed by atoms with van der Waals surface area (Å²) < 4.78 is 13.4. The monoisotopic (exact) mass is 431 g/mol. The van der Waals surface area contributed by atoms with Crippen molar-refractivity contribution in [1.29, 1.82) is 0 Å². The zero-order valence-corrected chi connectivity index (χ0v) is 17.5. The first kappa shape index (κ1) is 21.2. The predicted molar refractivity (Wildman–Crippen MR) is 119 cm³/mol. The van der Waals surface area contributed by atoms with Gasteiger partial charge in [-0.05, 0) is 48.9 Å². The molecule has 1 aliphatic heterocycles. The van der Waals surface area contributed by atoms with Gasteiger partial charge in [0.1, 0.15) is 11.9 Å². The molecule has 0 radical (unpaired) electrons. The van der Waals surface area contributed by atoms with Gasteiger partial charge in [-0.25, -0.2) is 14.1 Å². The van der Waals surface area contributed by atoms with Gasteiger partial charge >= 0.3 is 6.03 Å². The lowest BCUT2D eigenvalue weighted by molar-refractivity contribution is -0.124. The van der Waals surface area contributed by atoms with E-state index in [1.54, 1.807) is 24.3 Å². The molecule has 162 valence electrons. The third-order valence-corrected chi connectivity index (χ3v) is 5.31. The molecule has 4 amide bonds. The average molecular weight is 431 g/mol. The van der Waals surface area contributed by atoms with Crippen LogP contribution in [0.1, 0.15) is 17.5 Å². The summed E-state index contributed by atoms with van der Waals surface area (Å²) in [7, 11) is 0. The van der Waals surface area contributed by atoms with Crippen molar-refractivity contribution in [3.8, 4) is 0 Å². The molecule has 0 spiro atoms. The van der Waals surface area contributed by atoms with Crippen LogP contribution in [0.25, 0.3) is 0 Å². The quantitative estimate of drug-likeness (QED) is 0.584. The minimum Gasteiger partial charge on any atom is -0.326 e. The molecule has 32 heavy (non-hydrogen) atoms. The number of halogens is 1. The molecule has 1 atom stereocenters. The number of hydrogen-bond donors (Lipinski definition) is 1. The van der Waals surface area contributed by atoms with Crippen molar-refractivity contribution in [2.24, 2.45) is 0 Å². The van der Waals surface area contributed by atoms with Crippen molar-refractivity contribution >= 4 is 29.2 Å². The topological polar surface area (TPSA) is 69.7 Å². The summed E-state index contributed by atoms with van der Waals surface area (Å²) in [4.78, 5) is 41.5. The number of anilines is 2. The fourth-order valence-electron chi connectivity index (χ4n) is 3.64. The Bertz CT molecular complexity index is 1130. The second-order valence-electron chi connectivity index (χ2n) is 7.68. The highest BCUT2D eigenvalue weighted by Crippen LogP contribution is 2.29. The number of amides is 4. The van der Waals surface area contributed by atoms with Crippen molar-refractivity contribution in [1.82, 2.24) is 4.90 Å². The van der Waals surface area contributed by atoms with Gasteiger partial charge in [0, 0.05) is 12.2 Å². The van der Waals surface area contributed by atoms with Crippen molar-refractivity contribution in [2.75, 3.05) is 10.2 Å². The fourth-order valence-corrected chi connectivity index (χ4v) is 3.64. The maximum Gasteiger partial charge on any atom is 0.332 e. The molecule has 1 aliphatic rings. The Morgan fingerprint density at radius 1 is 0.938 bits per heavy atom. The van der Waals surface area contributed by atoms with Crippen LogP contribution in [0.5, 0.6) is 0 Å². The van der Waals surface area contributed by atoms with E-state index in [1.165, 1.54) is 29.2 Å². The number of hydrogen-bond acceptors (Lipinski definition) is 3. The highest BCUT2D eigenvalue weighted by Gasteiger charge is 2.46. The summed E-state index contributed by atoms with van der Waals surface area (Å²) in [5.41, 5.74) is 2.78. The van der Waals surface area contributed by atoms with E-state index in [-0.39, 0.29) is 24.6 Å². The van der Waals surface area contributed by atoms with Crippen molar-refractivity contribution in [3.63, 3.8) is 0 Å². The van der Waals surface area contributed by atoms with Crippen LogP contribution in [-0.2, 0) is 16.1 Å². The largest absolute Gasteiger partial charge is 0.332 e. The number of nitrogens with zero attached hydrogens (tertiary/aromatic N) is 2. The van der Waals surface area contributed by atoms with Gasteiger partial charge in [-0.3, -0.25) is 9.59 Å². The molecule has 1 heterocycles. The molecule has 7 heteroatoms. The summed E-state index contributed by atoms with van der Waals surface area (Å²) in [6.45, 7) is 2.13. The first-order valence-electron chi connectivity index (χ1n) is 10.2. The number of imide groups is 1. The van der Waals surface area contributed by atoms with Crippen molar-refractivity contribution < 1.29 is 18.8 Å². The maximum absolute atomic E-state index is 13.4. The Kier molecular flexibility index (Phi) is 5.98. The van der Waals surface area contributed by atoms with E-state index in [9.17, 15) is 18.8 Å². The van der Waals surface area contributed by atoms with Gasteiger partial charge in [-0.15, -0.1) is 0 Å². The Hall–Kier alpha value is -4.00. The minimum absolute atomic E-state index is 0.172. The van der Waals surface area contributed by atoms with Gasteiger partial charge in [-0.2, -0.15) is 0 Å². The van der Waals surface area contributed by atoms with Crippen molar-refractivity contribution in [2.45, 2.75) is 25.9 Å². The molecule has 6 nitrogen and oxygen atoms in total. The smallest absolute Gasteiger partial charge is 0.326 e. The number of para-hydroxylation sites is 1. The van der Waals surface area contributed by atoms with Crippen LogP contribution in [0.4, 0.5) is 20.6 Å². The van der Waals surface area contributed by atoms with Crippen LogP contribution < -0.4 is 10.2 Å². The van der Waals surface area contributed by atoms with Crippen molar-refractivity contribution in [3.05, 3.63) is 95.8 Å². The number of benzene rings is 3. The third kappa shape index (κ3) is 4.51. The zero-order valence-electron chi connectivity index (χ0n) is 17.5. The lowest BCUT2D eigenvalue weighted by Gasteiger charge is -2.22. The molecule has 1 fully saturated rings. The van der Waals surface area contributed by atoms with Gasteiger partial charge < -0.3 is 10.2 Å². The lowest BCUT2D eigenvalue weighted by Crippen LogP contribution is -2.37. The highest BCUT2D eigenvalue weighted by atomic mass is 19.1. The Balaban J connectivity index is 1.60. The van der Waals surface area contributed by atoms with E-state index in [0.717, 1.165) is 16.0 Å². The Morgan fingerprint density at radius 2 is 1.59 bits per heavy atom. The molecule has 1 N–H and O–H groups in total. The normalized spacial score (nSPS) is 15.9. The lowest BCUT2D eigenvalue weighted by atomic mass is 10.1. The molecule has 0 aromatic heterocycles. The highest BCUT2D eigenvalue weighted by molar-refractivity contribution is 6.22. The standard InChI is InChI=1S/C25H22FN3O3/c1-17-7-9-18(10-8-17)16-28-22(15-23(30)27-20-5-3-2-4-6-20)24(31)29(25(28)32)21-13-11-19(26)12-14-21/h2-14,22H,15-16H2,1H3,(H,27,30). The van der Waals surface area contributed by atoms with Gasteiger partial charge in [-0.1, -0.05) is 48.0 Å². The summed E-state index contributed by atoms with van der Waals surface area (Å²) in [5.74, 6) is -1.36.